The Balaban J connectivity index is 2.89. The van der Waals surface area contributed by atoms with Crippen molar-refractivity contribution in [3.8, 4) is 5.75 Å². The summed E-state index contributed by atoms with van der Waals surface area (Å²) in [5, 5.41) is 30.7. The zero-order valence-corrected chi connectivity index (χ0v) is 7.48. The van der Waals surface area contributed by atoms with Gasteiger partial charge in [-0.3, -0.25) is 0 Å². The molecule has 0 aromatic heterocycles. The van der Waals surface area contributed by atoms with E-state index < -0.39 is 11.7 Å². The van der Waals surface area contributed by atoms with Gasteiger partial charge in [0.25, 0.3) is 0 Å². The normalized spacial score (nSPS) is 10.1. The van der Waals surface area contributed by atoms with Crippen molar-refractivity contribution >= 4 is 18.0 Å². The van der Waals surface area contributed by atoms with Crippen LogP contribution in [0, 0.1) is 0 Å². The molecular formula is C7H5O6S-. The lowest BCUT2D eigenvalue weighted by atomic mass is 10.2. The smallest absolute Gasteiger partial charge is 0.335 e. The summed E-state index contributed by atoms with van der Waals surface area (Å²) < 4.78 is 4.07. The van der Waals surface area contributed by atoms with Gasteiger partial charge in [-0.15, -0.1) is 4.33 Å². The third kappa shape index (κ3) is 2.60. The molecule has 14 heavy (non-hydrogen) atoms. The number of hydrogen-bond donors (Lipinski definition) is 2. The Bertz CT molecular complexity index is 339. The van der Waals surface area contributed by atoms with Gasteiger partial charge in [0.1, 0.15) is 0 Å². The highest BCUT2D eigenvalue weighted by Gasteiger charge is 2.05. The molecule has 0 aliphatic carbocycles. The molecule has 2 N–H and O–H groups in total. The molecule has 6 nitrogen and oxygen atoms in total. The molecule has 1 rings (SSSR count). The van der Waals surface area contributed by atoms with Crippen LogP contribution in [-0.2, 0) is 9.37 Å². The molecule has 0 aliphatic rings. The maximum atomic E-state index is 11.0. The van der Waals surface area contributed by atoms with Crippen LogP contribution in [0.3, 0.4) is 0 Å². The Hall–Kier alpha value is -1.28. The number of aromatic carboxylic acids is 1. The summed E-state index contributed by atoms with van der Waals surface area (Å²) in [7, 11) is 0. The van der Waals surface area contributed by atoms with Gasteiger partial charge < -0.3 is 10.2 Å². The first kappa shape index (κ1) is 10.8. The van der Waals surface area contributed by atoms with Crippen LogP contribution in [0.2, 0.25) is 0 Å². The fraction of sp³-hybridized carbons (Fsp3) is 0. The maximum Gasteiger partial charge on any atom is 0.335 e. The Morgan fingerprint density at radius 1 is 1.50 bits per heavy atom. The number of carboxylic acid groups (broad SMARTS) is 1. The van der Waals surface area contributed by atoms with E-state index in [0.717, 1.165) is 12.1 Å². The second-order valence-corrected chi connectivity index (χ2v) is 2.96. The third-order valence-electron chi connectivity index (χ3n) is 1.34. The van der Waals surface area contributed by atoms with E-state index in [9.17, 15) is 9.90 Å². The molecule has 1 aromatic rings. The van der Waals surface area contributed by atoms with E-state index in [0.29, 0.717) is 16.9 Å². The Kier molecular flexibility index (Phi) is 3.72. The lowest BCUT2D eigenvalue weighted by Gasteiger charge is -2.10. The largest absolute Gasteiger partial charge is 0.872 e. The maximum absolute atomic E-state index is 11.0. The molecule has 0 bridgehead atoms. The van der Waals surface area contributed by atoms with Gasteiger partial charge >= 0.3 is 5.97 Å². The van der Waals surface area contributed by atoms with Crippen molar-refractivity contribution < 1.29 is 29.6 Å². The molecule has 0 fully saturated rings. The van der Waals surface area contributed by atoms with E-state index in [4.69, 9.17) is 10.4 Å². The Labute approximate surface area is 82.8 Å². The number of carboxylic acids is 1. The summed E-state index contributed by atoms with van der Waals surface area (Å²) in [5.74, 6) is -1.91. The average Bonchev–Trinajstić information content (AvgIpc) is 2.16. The summed E-state index contributed by atoms with van der Waals surface area (Å²) in [6.07, 6.45) is 0. The zero-order chi connectivity index (χ0) is 10.6. The highest BCUT2D eigenvalue weighted by molar-refractivity contribution is 7.94. The van der Waals surface area contributed by atoms with Gasteiger partial charge in [0.05, 0.1) is 17.6 Å². The van der Waals surface area contributed by atoms with E-state index in [1.54, 1.807) is 0 Å². The minimum atomic E-state index is -1.32. The van der Waals surface area contributed by atoms with E-state index >= 15 is 0 Å². The average molecular weight is 217 g/mol. The van der Waals surface area contributed by atoms with E-state index in [-0.39, 0.29) is 5.56 Å². The monoisotopic (exact) mass is 217 g/mol. The van der Waals surface area contributed by atoms with Crippen LogP contribution in [0.15, 0.2) is 23.1 Å². The van der Waals surface area contributed by atoms with Gasteiger partial charge in [-0.05, 0) is 12.1 Å². The molecule has 0 saturated heterocycles. The SMILES string of the molecule is O=C(O)c1cc(SOOO)ccc1[O-]. The van der Waals surface area contributed by atoms with Crippen LogP contribution < -0.4 is 5.11 Å². The second-order valence-electron chi connectivity index (χ2n) is 2.19. The summed E-state index contributed by atoms with van der Waals surface area (Å²) in [6.45, 7) is 0. The zero-order valence-electron chi connectivity index (χ0n) is 6.67. The van der Waals surface area contributed by atoms with Crippen molar-refractivity contribution in [1.29, 1.82) is 0 Å². The van der Waals surface area contributed by atoms with E-state index in [1.165, 1.54) is 6.07 Å². The predicted molar refractivity (Wildman–Crippen MR) is 43.5 cm³/mol. The van der Waals surface area contributed by atoms with Crippen molar-refractivity contribution in [3.63, 3.8) is 0 Å². The lowest BCUT2D eigenvalue weighted by Crippen LogP contribution is -2.03. The minimum Gasteiger partial charge on any atom is -0.872 e. The number of hydrogen-bond acceptors (Lipinski definition) is 6. The van der Waals surface area contributed by atoms with Crippen molar-refractivity contribution in [2.75, 3.05) is 0 Å². The summed E-state index contributed by atoms with van der Waals surface area (Å²) in [6, 6.07) is 3.55. The first-order valence-electron chi connectivity index (χ1n) is 3.34. The molecule has 76 valence electrons. The molecule has 0 amide bonds. The molecule has 0 saturated carbocycles. The fourth-order valence-electron chi connectivity index (χ4n) is 0.783. The Morgan fingerprint density at radius 3 is 2.79 bits per heavy atom. The molecular weight excluding hydrogens is 212 g/mol. The van der Waals surface area contributed by atoms with Gasteiger partial charge in [0.15, 0.2) is 0 Å². The molecule has 1 aromatic carbocycles. The van der Waals surface area contributed by atoms with E-state index in [1.807, 2.05) is 0 Å². The van der Waals surface area contributed by atoms with Crippen LogP contribution in [0.1, 0.15) is 10.4 Å². The molecule has 7 heteroatoms. The second kappa shape index (κ2) is 4.82. The van der Waals surface area contributed by atoms with Gasteiger partial charge in [-0.2, -0.15) is 0 Å². The van der Waals surface area contributed by atoms with Crippen LogP contribution in [-0.4, -0.2) is 16.3 Å². The highest BCUT2D eigenvalue weighted by Crippen LogP contribution is 2.24. The summed E-state index contributed by atoms with van der Waals surface area (Å²) in [4.78, 5) is 10.8. The summed E-state index contributed by atoms with van der Waals surface area (Å²) in [5.41, 5.74) is -0.364. The standard InChI is InChI=1S/C7H6O6S/c8-6-2-1-4(14-13-12-11)3-5(6)7(9)10/h1-3,8,11H,(H,9,10)/p-1. The fourth-order valence-corrected chi connectivity index (χ4v) is 1.18. The molecule has 0 spiro atoms. The minimum absolute atomic E-state index is 0.330. The van der Waals surface area contributed by atoms with Crippen LogP contribution >= 0.6 is 12.0 Å². The first-order valence-corrected chi connectivity index (χ1v) is 4.08. The quantitative estimate of drug-likeness (QED) is 0.438. The van der Waals surface area contributed by atoms with Gasteiger partial charge in [0, 0.05) is 4.90 Å². The van der Waals surface area contributed by atoms with Crippen LogP contribution in [0.5, 0.6) is 5.75 Å². The van der Waals surface area contributed by atoms with Crippen molar-refractivity contribution in [2.24, 2.45) is 0 Å². The van der Waals surface area contributed by atoms with Crippen LogP contribution in [0.4, 0.5) is 0 Å². The first-order chi connectivity index (χ1) is 6.65. The predicted octanol–water partition coefficient (Wildman–Crippen LogP) is 0.887. The Morgan fingerprint density at radius 2 is 2.21 bits per heavy atom. The molecule has 0 atom stereocenters. The topological polar surface area (TPSA) is 99.1 Å². The van der Waals surface area contributed by atoms with Gasteiger partial charge in [-0.25, -0.2) is 10.1 Å². The molecule has 0 aliphatic heterocycles. The highest BCUT2D eigenvalue weighted by atomic mass is 32.2. The molecule has 0 unspecified atom stereocenters. The van der Waals surface area contributed by atoms with Crippen molar-refractivity contribution in [2.45, 2.75) is 4.90 Å². The number of rotatable bonds is 4. The van der Waals surface area contributed by atoms with Gasteiger partial charge in [-0.1, -0.05) is 16.9 Å². The third-order valence-corrected chi connectivity index (χ3v) is 1.92. The molecule has 0 radical (unpaired) electrons. The summed E-state index contributed by atoms with van der Waals surface area (Å²) >= 11 is 0.586. The lowest BCUT2D eigenvalue weighted by molar-refractivity contribution is -0.432. The number of carbonyl (C=O) groups is 1. The van der Waals surface area contributed by atoms with Crippen molar-refractivity contribution in [1.82, 2.24) is 0 Å². The number of benzene rings is 1. The van der Waals surface area contributed by atoms with Crippen molar-refractivity contribution in [3.05, 3.63) is 23.8 Å². The van der Waals surface area contributed by atoms with E-state index in [2.05, 4.69) is 9.37 Å². The van der Waals surface area contributed by atoms with Crippen LogP contribution in [0.25, 0.3) is 0 Å². The van der Waals surface area contributed by atoms with Gasteiger partial charge in [0.2, 0.25) is 0 Å². The molecule has 0 heterocycles.